The monoisotopic (exact) mass is 286 g/mol. The van der Waals surface area contributed by atoms with Crippen molar-refractivity contribution in [3.05, 3.63) is 60.2 Å². The van der Waals surface area contributed by atoms with E-state index >= 15 is 0 Å². The SMILES string of the molecule is COC(OC)(c1ccc(-c2ccccc2)cc1)C(C)(C)O. The molecule has 0 saturated heterocycles. The van der Waals surface area contributed by atoms with Crippen LogP contribution in [-0.2, 0) is 15.3 Å². The summed E-state index contributed by atoms with van der Waals surface area (Å²) in [6, 6.07) is 18.0. The summed E-state index contributed by atoms with van der Waals surface area (Å²) < 4.78 is 11.0. The molecule has 2 rings (SSSR count). The molecule has 3 nitrogen and oxygen atoms in total. The Labute approximate surface area is 126 Å². The van der Waals surface area contributed by atoms with Gasteiger partial charge < -0.3 is 14.6 Å². The number of hydrogen-bond acceptors (Lipinski definition) is 3. The Kier molecular flexibility index (Phi) is 4.47. The molecule has 0 spiro atoms. The maximum Gasteiger partial charge on any atom is 0.223 e. The van der Waals surface area contributed by atoms with Gasteiger partial charge in [0, 0.05) is 19.8 Å². The molecule has 2 aromatic carbocycles. The lowest BCUT2D eigenvalue weighted by Crippen LogP contribution is -2.50. The molecule has 0 radical (unpaired) electrons. The third-order valence-corrected chi connectivity index (χ3v) is 3.75. The first-order chi connectivity index (χ1) is 9.94. The lowest BCUT2D eigenvalue weighted by atomic mass is 9.89. The second-order valence-corrected chi connectivity index (χ2v) is 5.53. The molecule has 0 aliphatic carbocycles. The van der Waals surface area contributed by atoms with E-state index in [1.165, 1.54) is 14.2 Å². The van der Waals surface area contributed by atoms with Crippen molar-refractivity contribution < 1.29 is 14.6 Å². The Balaban J connectivity index is 2.42. The second-order valence-electron chi connectivity index (χ2n) is 5.53. The maximum absolute atomic E-state index is 10.4. The fraction of sp³-hybridized carbons (Fsp3) is 0.333. The summed E-state index contributed by atoms with van der Waals surface area (Å²) in [7, 11) is 3.07. The van der Waals surface area contributed by atoms with Gasteiger partial charge in [-0.05, 0) is 25.0 Å². The van der Waals surface area contributed by atoms with Crippen molar-refractivity contribution in [3.8, 4) is 11.1 Å². The molecule has 0 amide bonds. The molecule has 112 valence electrons. The van der Waals surface area contributed by atoms with Crippen LogP contribution in [0.2, 0.25) is 0 Å². The van der Waals surface area contributed by atoms with Gasteiger partial charge in [-0.25, -0.2) is 0 Å². The first-order valence-corrected chi connectivity index (χ1v) is 6.93. The summed E-state index contributed by atoms with van der Waals surface area (Å²) in [5.41, 5.74) is 1.86. The lowest BCUT2D eigenvalue weighted by molar-refractivity contribution is -0.301. The Morgan fingerprint density at radius 1 is 0.762 bits per heavy atom. The number of ether oxygens (including phenoxy) is 2. The van der Waals surface area contributed by atoms with Gasteiger partial charge in [-0.1, -0.05) is 54.6 Å². The maximum atomic E-state index is 10.4. The molecule has 3 heteroatoms. The zero-order valence-corrected chi connectivity index (χ0v) is 13.0. The van der Waals surface area contributed by atoms with Crippen molar-refractivity contribution in [2.45, 2.75) is 25.2 Å². The topological polar surface area (TPSA) is 38.7 Å². The standard InChI is InChI=1S/C18H22O3/c1-17(2,19)18(20-3,21-4)16-12-10-15(11-13-16)14-8-6-5-7-9-14/h5-13,19H,1-4H3. The van der Waals surface area contributed by atoms with Gasteiger partial charge in [-0.2, -0.15) is 0 Å². The first-order valence-electron chi connectivity index (χ1n) is 6.93. The minimum Gasteiger partial charge on any atom is -0.384 e. The van der Waals surface area contributed by atoms with Crippen LogP contribution in [0.3, 0.4) is 0 Å². The number of hydrogen-bond donors (Lipinski definition) is 1. The summed E-state index contributed by atoms with van der Waals surface area (Å²) in [5, 5.41) is 10.4. The third kappa shape index (κ3) is 2.86. The highest BCUT2D eigenvalue weighted by atomic mass is 16.7. The molecule has 0 heterocycles. The molecule has 0 unspecified atom stereocenters. The molecule has 0 saturated carbocycles. The number of aliphatic hydroxyl groups is 1. The van der Waals surface area contributed by atoms with E-state index in [0.717, 1.165) is 16.7 Å². The van der Waals surface area contributed by atoms with Crippen LogP contribution in [-0.4, -0.2) is 24.9 Å². The van der Waals surface area contributed by atoms with Crippen LogP contribution in [0.15, 0.2) is 54.6 Å². The van der Waals surface area contributed by atoms with Gasteiger partial charge in [0.25, 0.3) is 0 Å². The van der Waals surface area contributed by atoms with E-state index in [1.807, 2.05) is 42.5 Å². The van der Waals surface area contributed by atoms with E-state index in [4.69, 9.17) is 9.47 Å². The van der Waals surface area contributed by atoms with E-state index in [0.29, 0.717) is 0 Å². The van der Waals surface area contributed by atoms with Crippen molar-refractivity contribution in [2.75, 3.05) is 14.2 Å². The van der Waals surface area contributed by atoms with Crippen LogP contribution in [0, 0.1) is 0 Å². The predicted molar refractivity (Wildman–Crippen MR) is 83.9 cm³/mol. The van der Waals surface area contributed by atoms with Crippen LogP contribution in [0.5, 0.6) is 0 Å². The van der Waals surface area contributed by atoms with E-state index in [-0.39, 0.29) is 0 Å². The Hall–Kier alpha value is -1.68. The molecule has 1 N–H and O–H groups in total. The minimum absolute atomic E-state index is 0.777. The van der Waals surface area contributed by atoms with Gasteiger partial charge in [-0.3, -0.25) is 0 Å². The van der Waals surface area contributed by atoms with Crippen molar-refractivity contribution in [1.29, 1.82) is 0 Å². The molecular formula is C18H22O3. The van der Waals surface area contributed by atoms with Gasteiger partial charge in [0.1, 0.15) is 5.60 Å². The molecule has 0 bridgehead atoms. The quantitative estimate of drug-likeness (QED) is 0.854. The summed E-state index contributed by atoms with van der Waals surface area (Å²) in [6.45, 7) is 3.34. The van der Waals surface area contributed by atoms with Gasteiger partial charge >= 0.3 is 0 Å². The van der Waals surface area contributed by atoms with Crippen LogP contribution >= 0.6 is 0 Å². The van der Waals surface area contributed by atoms with Crippen molar-refractivity contribution in [1.82, 2.24) is 0 Å². The van der Waals surface area contributed by atoms with Gasteiger partial charge in [0.05, 0.1) is 0 Å². The predicted octanol–water partition coefficient (Wildman–Crippen LogP) is 3.57. The molecule has 0 aliphatic heterocycles. The van der Waals surface area contributed by atoms with Gasteiger partial charge in [0.2, 0.25) is 5.79 Å². The molecule has 0 aromatic heterocycles. The summed E-state index contributed by atoms with van der Waals surface area (Å²) in [5.74, 6) is -1.19. The summed E-state index contributed by atoms with van der Waals surface area (Å²) in [4.78, 5) is 0. The van der Waals surface area contributed by atoms with E-state index in [9.17, 15) is 5.11 Å². The van der Waals surface area contributed by atoms with Crippen LogP contribution in [0.4, 0.5) is 0 Å². The fourth-order valence-electron chi connectivity index (χ4n) is 2.68. The van der Waals surface area contributed by atoms with Crippen molar-refractivity contribution >= 4 is 0 Å². The normalized spacial score (nSPS) is 12.4. The van der Waals surface area contributed by atoms with E-state index < -0.39 is 11.4 Å². The number of rotatable bonds is 5. The molecule has 21 heavy (non-hydrogen) atoms. The van der Waals surface area contributed by atoms with Crippen LogP contribution in [0.1, 0.15) is 19.4 Å². The minimum atomic E-state index is -1.19. The number of benzene rings is 2. The van der Waals surface area contributed by atoms with Gasteiger partial charge in [-0.15, -0.1) is 0 Å². The van der Waals surface area contributed by atoms with Crippen molar-refractivity contribution in [3.63, 3.8) is 0 Å². The molecule has 2 aromatic rings. The van der Waals surface area contributed by atoms with Crippen molar-refractivity contribution in [2.24, 2.45) is 0 Å². The Bertz CT molecular complexity index is 564. The highest BCUT2D eigenvalue weighted by molar-refractivity contribution is 5.63. The molecule has 0 fully saturated rings. The first kappa shape index (κ1) is 15.7. The Morgan fingerprint density at radius 3 is 1.67 bits per heavy atom. The summed E-state index contributed by atoms with van der Waals surface area (Å²) in [6.07, 6.45) is 0. The smallest absolute Gasteiger partial charge is 0.223 e. The van der Waals surface area contributed by atoms with Crippen LogP contribution in [0.25, 0.3) is 11.1 Å². The zero-order valence-electron chi connectivity index (χ0n) is 13.0. The number of methoxy groups -OCH3 is 2. The van der Waals surface area contributed by atoms with Crippen LogP contribution < -0.4 is 0 Å². The lowest BCUT2D eigenvalue weighted by Gasteiger charge is -2.41. The zero-order chi connectivity index (χ0) is 15.5. The average Bonchev–Trinajstić information content (AvgIpc) is 2.49. The molecule has 0 aliphatic rings. The molecular weight excluding hydrogens is 264 g/mol. The largest absolute Gasteiger partial charge is 0.384 e. The fourth-order valence-corrected chi connectivity index (χ4v) is 2.68. The average molecular weight is 286 g/mol. The second kappa shape index (κ2) is 5.98. The summed E-state index contributed by atoms with van der Waals surface area (Å²) >= 11 is 0. The Morgan fingerprint density at radius 2 is 1.24 bits per heavy atom. The third-order valence-electron chi connectivity index (χ3n) is 3.75. The van der Waals surface area contributed by atoms with E-state index in [1.54, 1.807) is 13.8 Å². The van der Waals surface area contributed by atoms with Gasteiger partial charge in [0.15, 0.2) is 0 Å². The highest BCUT2D eigenvalue weighted by Crippen LogP contribution is 2.37. The van der Waals surface area contributed by atoms with E-state index in [2.05, 4.69) is 12.1 Å². The highest BCUT2D eigenvalue weighted by Gasteiger charge is 2.46. The molecule has 0 atom stereocenters.